The first-order valence-corrected chi connectivity index (χ1v) is 20.9. The lowest BCUT2D eigenvalue weighted by Gasteiger charge is -2.13. The Bertz CT molecular complexity index is 3700. The standard InChI is InChI=1S/C55H36N2OS/c1-3-4-18-38-34(2)56(36-16-6-5-7-17-36)50-26-15-22-39(53(38)50)35-29-30-49-45(31-35)40-19-8-11-25-48(40)57(49)37-32-46-42-21-10-13-28-52(42)59-55(46)47(33-37)44-24-14-23-43-41-20-9-12-27-51(41)58-54(43)44/h3-33H,1H2,2H3/b18-4-. The van der Waals surface area contributed by atoms with Gasteiger partial charge in [-0.3, -0.25) is 0 Å². The van der Waals surface area contributed by atoms with Crippen molar-refractivity contribution in [3.8, 4) is 33.6 Å². The zero-order valence-corrected chi connectivity index (χ0v) is 33.1. The van der Waals surface area contributed by atoms with Crippen molar-refractivity contribution in [3.63, 3.8) is 0 Å². The molecule has 12 aromatic rings. The third-order valence-corrected chi connectivity index (χ3v) is 13.3. The maximum atomic E-state index is 6.67. The van der Waals surface area contributed by atoms with Crippen molar-refractivity contribution in [3.05, 3.63) is 200 Å². The Balaban J connectivity index is 1.12. The summed E-state index contributed by atoms with van der Waals surface area (Å²) in [5.41, 5.74) is 14.7. The van der Waals surface area contributed by atoms with E-state index in [4.69, 9.17) is 4.42 Å². The summed E-state index contributed by atoms with van der Waals surface area (Å²) in [6, 6.07) is 61.7. The van der Waals surface area contributed by atoms with Crippen molar-refractivity contribution in [1.82, 2.24) is 9.13 Å². The van der Waals surface area contributed by atoms with Crippen molar-refractivity contribution in [2.75, 3.05) is 0 Å². The zero-order chi connectivity index (χ0) is 39.2. The third kappa shape index (κ3) is 5.00. The van der Waals surface area contributed by atoms with Crippen molar-refractivity contribution in [1.29, 1.82) is 0 Å². The first-order chi connectivity index (χ1) is 29.2. The molecular formula is C55H36N2OS. The minimum atomic E-state index is 0.906. The van der Waals surface area contributed by atoms with E-state index in [9.17, 15) is 0 Å². The van der Waals surface area contributed by atoms with Gasteiger partial charge in [-0.25, -0.2) is 0 Å². The molecule has 0 N–H and O–H groups in total. The van der Waals surface area contributed by atoms with Crippen LogP contribution in [0.3, 0.4) is 0 Å². The van der Waals surface area contributed by atoms with E-state index in [0.717, 1.165) is 38.9 Å². The van der Waals surface area contributed by atoms with E-state index in [1.165, 1.54) is 80.8 Å². The molecule has 0 aliphatic rings. The topological polar surface area (TPSA) is 23.0 Å². The number of hydrogen-bond donors (Lipinski definition) is 0. The molecule has 12 rings (SSSR count). The summed E-state index contributed by atoms with van der Waals surface area (Å²) in [6.45, 7) is 6.21. The highest BCUT2D eigenvalue weighted by molar-refractivity contribution is 7.26. The maximum absolute atomic E-state index is 6.67. The SMILES string of the molecule is C=C/C=C\c1c(C)n(-c2ccccc2)c2cccc(-c3ccc4c(c3)c3ccccc3n4-c3cc(-c4cccc5c4oc4ccccc45)c4sc5ccccc5c4c3)c12. The first kappa shape index (κ1) is 33.7. The third-order valence-electron chi connectivity index (χ3n) is 12.1. The first-order valence-electron chi connectivity index (χ1n) is 20.0. The Morgan fingerprint density at radius 1 is 0.525 bits per heavy atom. The summed E-state index contributed by atoms with van der Waals surface area (Å²) in [6.07, 6.45) is 6.10. The van der Waals surface area contributed by atoms with Gasteiger partial charge in [0.25, 0.3) is 0 Å². The van der Waals surface area contributed by atoms with Crippen molar-refractivity contribution >= 4 is 92.2 Å². The van der Waals surface area contributed by atoms with Gasteiger partial charge in [-0.1, -0.05) is 134 Å². The van der Waals surface area contributed by atoms with Crippen LogP contribution in [0.2, 0.25) is 0 Å². The summed E-state index contributed by atoms with van der Waals surface area (Å²) in [5, 5.41) is 8.45. The molecule has 278 valence electrons. The number of thiophene rings is 1. The summed E-state index contributed by atoms with van der Waals surface area (Å²) >= 11 is 1.86. The van der Waals surface area contributed by atoms with Crippen LogP contribution in [-0.4, -0.2) is 9.13 Å². The molecule has 0 saturated carbocycles. The average Bonchev–Trinajstić information content (AvgIpc) is 4.03. The van der Waals surface area contributed by atoms with Crippen LogP contribution in [0.1, 0.15) is 11.3 Å². The molecule has 0 saturated heterocycles. The van der Waals surface area contributed by atoms with Gasteiger partial charge in [-0.15, -0.1) is 11.3 Å². The van der Waals surface area contributed by atoms with E-state index in [1.54, 1.807) is 0 Å². The van der Waals surface area contributed by atoms with E-state index in [2.05, 4.69) is 193 Å². The van der Waals surface area contributed by atoms with E-state index >= 15 is 0 Å². The number of aromatic nitrogens is 2. The second-order valence-corrected chi connectivity index (χ2v) is 16.3. The lowest BCUT2D eigenvalue weighted by atomic mass is 9.96. The summed E-state index contributed by atoms with van der Waals surface area (Å²) in [5.74, 6) is 0. The largest absolute Gasteiger partial charge is 0.455 e. The van der Waals surface area contributed by atoms with Gasteiger partial charge >= 0.3 is 0 Å². The molecule has 0 bridgehead atoms. The molecule has 4 heterocycles. The van der Waals surface area contributed by atoms with Gasteiger partial charge in [0, 0.05) is 80.9 Å². The van der Waals surface area contributed by atoms with Crippen LogP contribution in [0, 0.1) is 6.92 Å². The number of rotatable bonds is 6. The molecule has 0 aliphatic carbocycles. The fraction of sp³-hybridized carbons (Fsp3) is 0.0182. The minimum Gasteiger partial charge on any atom is -0.455 e. The Labute approximate surface area is 344 Å². The van der Waals surface area contributed by atoms with E-state index in [0.29, 0.717) is 0 Å². The molecule has 8 aromatic carbocycles. The van der Waals surface area contributed by atoms with Crippen LogP contribution in [0.25, 0.3) is 115 Å². The van der Waals surface area contributed by atoms with Gasteiger partial charge in [-0.05, 0) is 78.7 Å². The zero-order valence-electron chi connectivity index (χ0n) is 32.3. The van der Waals surface area contributed by atoms with Crippen molar-refractivity contribution in [2.24, 2.45) is 0 Å². The van der Waals surface area contributed by atoms with Crippen molar-refractivity contribution in [2.45, 2.75) is 6.92 Å². The number of nitrogens with zero attached hydrogens (tertiary/aromatic N) is 2. The average molecular weight is 773 g/mol. The second-order valence-electron chi connectivity index (χ2n) is 15.3. The Hall–Kier alpha value is -7.40. The molecule has 0 radical (unpaired) electrons. The van der Waals surface area contributed by atoms with Gasteiger partial charge in [0.1, 0.15) is 11.2 Å². The number of allylic oxidation sites excluding steroid dienone is 2. The van der Waals surface area contributed by atoms with E-state index < -0.39 is 0 Å². The molecule has 0 spiro atoms. The number of benzene rings is 8. The number of hydrogen-bond acceptors (Lipinski definition) is 2. The smallest absolute Gasteiger partial charge is 0.143 e. The second kappa shape index (κ2) is 13.1. The van der Waals surface area contributed by atoms with Crippen LogP contribution >= 0.6 is 11.3 Å². The fourth-order valence-electron chi connectivity index (χ4n) is 9.53. The maximum Gasteiger partial charge on any atom is 0.143 e. The van der Waals surface area contributed by atoms with Crippen LogP contribution in [0.15, 0.2) is 193 Å². The number of fused-ring (bicyclic) bond motifs is 10. The summed E-state index contributed by atoms with van der Waals surface area (Å²) in [4.78, 5) is 0. The highest BCUT2D eigenvalue weighted by Crippen LogP contribution is 2.46. The normalized spacial score (nSPS) is 12.2. The van der Waals surface area contributed by atoms with Gasteiger partial charge in [-0.2, -0.15) is 0 Å². The lowest BCUT2D eigenvalue weighted by molar-refractivity contribution is 0.670. The van der Waals surface area contributed by atoms with Crippen LogP contribution in [0.4, 0.5) is 0 Å². The molecule has 0 atom stereocenters. The predicted molar refractivity (Wildman–Crippen MR) is 253 cm³/mol. The quantitative estimate of drug-likeness (QED) is 0.154. The molecule has 0 aliphatic heterocycles. The molecule has 4 heteroatoms. The lowest BCUT2D eigenvalue weighted by Crippen LogP contribution is -1.96. The van der Waals surface area contributed by atoms with Gasteiger partial charge in [0.2, 0.25) is 0 Å². The molecule has 0 unspecified atom stereocenters. The molecule has 59 heavy (non-hydrogen) atoms. The van der Waals surface area contributed by atoms with Crippen LogP contribution < -0.4 is 0 Å². The molecule has 3 nitrogen and oxygen atoms in total. The predicted octanol–water partition coefficient (Wildman–Crippen LogP) is 15.8. The Kier molecular flexibility index (Phi) is 7.47. The Morgan fingerprint density at radius 2 is 1.24 bits per heavy atom. The highest BCUT2D eigenvalue weighted by Gasteiger charge is 2.22. The monoisotopic (exact) mass is 772 g/mol. The Morgan fingerprint density at radius 3 is 2.12 bits per heavy atom. The molecule has 0 fully saturated rings. The molecular weight excluding hydrogens is 737 g/mol. The fourth-order valence-corrected chi connectivity index (χ4v) is 10.7. The number of para-hydroxylation sites is 4. The summed E-state index contributed by atoms with van der Waals surface area (Å²) in [7, 11) is 0. The van der Waals surface area contributed by atoms with Gasteiger partial charge < -0.3 is 13.6 Å². The van der Waals surface area contributed by atoms with Crippen LogP contribution in [-0.2, 0) is 0 Å². The minimum absolute atomic E-state index is 0.906. The van der Waals surface area contributed by atoms with Crippen LogP contribution in [0.5, 0.6) is 0 Å². The van der Waals surface area contributed by atoms with Gasteiger partial charge in [0.05, 0.1) is 16.6 Å². The number of furan rings is 1. The molecule has 4 aromatic heterocycles. The molecule has 0 amide bonds. The summed E-state index contributed by atoms with van der Waals surface area (Å²) < 4.78 is 14.0. The van der Waals surface area contributed by atoms with Crippen molar-refractivity contribution < 1.29 is 4.42 Å². The van der Waals surface area contributed by atoms with Gasteiger partial charge in [0.15, 0.2) is 0 Å². The van der Waals surface area contributed by atoms with E-state index in [1.807, 2.05) is 29.6 Å². The van der Waals surface area contributed by atoms with E-state index in [-0.39, 0.29) is 0 Å². The highest BCUT2D eigenvalue weighted by atomic mass is 32.1.